The number of aliphatic hydroxyl groups is 1. The highest BCUT2D eigenvalue weighted by Gasteiger charge is 2.40. The molecule has 1 aromatic heterocycles. The highest BCUT2D eigenvalue weighted by atomic mass is 19.4. The third-order valence-electron chi connectivity index (χ3n) is 7.60. The van der Waals surface area contributed by atoms with Crippen molar-refractivity contribution in [3.63, 3.8) is 0 Å². The molecule has 200 valence electrons. The van der Waals surface area contributed by atoms with Crippen LogP contribution in [0.25, 0.3) is 0 Å². The molecule has 2 amide bonds. The Hall–Kier alpha value is -3.08. The summed E-state index contributed by atoms with van der Waals surface area (Å²) in [6.45, 7) is 1.38. The van der Waals surface area contributed by atoms with E-state index >= 15 is 0 Å². The van der Waals surface area contributed by atoms with Crippen LogP contribution in [0.1, 0.15) is 77.2 Å². The average Bonchev–Trinajstić information content (AvgIpc) is 3.44. The van der Waals surface area contributed by atoms with Gasteiger partial charge in [-0.2, -0.15) is 18.3 Å². The highest BCUT2D eigenvalue weighted by Crippen LogP contribution is 2.44. The maximum Gasteiger partial charge on any atom is 0.416 e. The van der Waals surface area contributed by atoms with Gasteiger partial charge >= 0.3 is 12.3 Å². The van der Waals surface area contributed by atoms with Crippen molar-refractivity contribution in [2.24, 2.45) is 0 Å². The number of piperidine rings is 1. The Morgan fingerprint density at radius 1 is 1.00 bits per heavy atom. The summed E-state index contributed by atoms with van der Waals surface area (Å²) < 4.78 is 47.6. The molecule has 8 nitrogen and oxygen atoms in total. The fourth-order valence-corrected chi connectivity index (χ4v) is 5.59. The smallest absolute Gasteiger partial charge is 0.416 e. The molecule has 37 heavy (non-hydrogen) atoms. The van der Waals surface area contributed by atoms with Gasteiger partial charge in [-0.15, -0.1) is 0 Å². The van der Waals surface area contributed by atoms with Crippen LogP contribution in [0.2, 0.25) is 0 Å². The van der Waals surface area contributed by atoms with E-state index in [0.717, 1.165) is 24.6 Å². The van der Waals surface area contributed by atoms with Crippen molar-refractivity contribution in [1.29, 1.82) is 0 Å². The molecule has 1 aromatic carbocycles. The first kappa shape index (κ1) is 25.6. The summed E-state index contributed by atoms with van der Waals surface area (Å²) in [4.78, 5) is 28.9. The Kier molecular flexibility index (Phi) is 7.15. The second kappa shape index (κ2) is 10.4. The monoisotopic (exact) mass is 520 g/mol. The zero-order valence-electron chi connectivity index (χ0n) is 20.5. The number of benzene rings is 1. The molecule has 1 atom stereocenters. The van der Waals surface area contributed by atoms with Crippen LogP contribution in [0.15, 0.2) is 30.5 Å². The number of halogens is 3. The third-order valence-corrected chi connectivity index (χ3v) is 7.60. The van der Waals surface area contributed by atoms with E-state index in [1.165, 1.54) is 12.1 Å². The zero-order valence-corrected chi connectivity index (χ0v) is 20.5. The number of aliphatic hydroxyl groups excluding tert-OH is 1. The molecule has 2 aromatic rings. The number of hydrogen-bond donors (Lipinski definition) is 1. The van der Waals surface area contributed by atoms with Crippen LogP contribution in [-0.4, -0.2) is 76.1 Å². The number of rotatable bonds is 6. The molecule has 2 saturated heterocycles. The maximum atomic E-state index is 13.6. The van der Waals surface area contributed by atoms with Crippen LogP contribution in [0, 0.1) is 0 Å². The van der Waals surface area contributed by atoms with Crippen LogP contribution in [0.5, 0.6) is 0 Å². The standard InChI is InChI=1S/C26H31F3N4O4/c27-26(28,29)22-4-2-1-3-20(22)18-7-10-32(16-18)24(35)21-15-30-33(23(21)17-5-6-17)19-8-11-31(12-9-19)25(36)37-14-13-34/h1-4,15,17-19,34H,5-14,16H2. The van der Waals surface area contributed by atoms with Crippen molar-refractivity contribution in [3.05, 3.63) is 52.8 Å². The number of ether oxygens (including phenoxy) is 1. The zero-order chi connectivity index (χ0) is 26.2. The van der Waals surface area contributed by atoms with Gasteiger partial charge in [-0.05, 0) is 43.7 Å². The van der Waals surface area contributed by atoms with Crippen LogP contribution < -0.4 is 0 Å². The molecule has 3 fully saturated rings. The van der Waals surface area contributed by atoms with E-state index in [0.29, 0.717) is 44.5 Å². The molecule has 0 radical (unpaired) electrons. The first-order chi connectivity index (χ1) is 17.8. The molecule has 2 aliphatic heterocycles. The molecular formula is C26H31F3N4O4. The quantitative estimate of drug-likeness (QED) is 0.618. The molecular weight excluding hydrogens is 489 g/mol. The van der Waals surface area contributed by atoms with Gasteiger partial charge in [-0.1, -0.05) is 18.2 Å². The summed E-state index contributed by atoms with van der Waals surface area (Å²) in [6, 6.07) is 5.67. The summed E-state index contributed by atoms with van der Waals surface area (Å²) in [7, 11) is 0. The summed E-state index contributed by atoms with van der Waals surface area (Å²) >= 11 is 0. The van der Waals surface area contributed by atoms with E-state index in [1.54, 1.807) is 22.1 Å². The lowest BCUT2D eigenvalue weighted by molar-refractivity contribution is -0.138. The molecule has 3 heterocycles. The second-order valence-corrected chi connectivity index (χ2v) is 10.0. The van der Waals surface area contributed by atoms with E-state index in [4.69, 9.17) is 9.84 Å². The Morgan fingerprint density at radius 3 is 2.38 bits per heavy atom. The van der Waals surface area contributed by atoms with E-state index in [2.05, 4.69) is 5.10 Å². The lowest BCUT2D eigenvalue weighted by Gasteiger charge is -2.32. The fourth-order valence-electron chi connectivity index (χ4n) is 5.59. The maximum absolute atomic E-state index is 13.6. The molecule has 1 aliphatic carbocycles. The van der Waals surface area contributed by atoms with Crippen LogP contribution in [0.3, 0.4) is 0 Å². The number of likely N-dealkylation sites (tertiary alicyclic amines) is 2. The Balaban J connectivity index is 1.29. The van der Waals surface area contributed by atoms with Gasteiger partial charge in [0.25, 0.3) is 5.91 Å². The minimum atomic E-state index is -4.43. The molecule has 1 saturated carbocycles. The summed E-state index contributed by atoms with van der Waals surface area (Å²) in [5, 5.41) is 13.4. The minimum absolute atomic E-state index is 0.0334. The number of aromatic nitrogens is 2. The third kappa shape index (κ3) is 5.32. The summed E-state index contributed by atoms with van der Waals surface area (Å²) in [5.74, 6) is -0.292. The van der Waals surface area contributed by atoms with E-state index < -0.39 is 17.8 Å². The van der Waals surface area contributed by atoms with Gasteiger partial charge in [0, 0.05) is 38.0 Å². The van der Waals surface area contributed by atoms with Gasteiger partial charge < -0.3 is 19.6 Å². The van der Waals surface area contributed by atoms with Gasteiger partial charge in [0.05, 0.1) is 35.7 Å². The predicted molar refractivity (Wildman–Crippen MR) is 127 cm³/mol. The lowest BCUT2D eigenvalue weighted by Crippen LogP contribution is -2.40. The average molecular weight is 521 g/mol. The number of hydrogen-bond acceptors (Lipinski definition) is 5. The van der Waals surface area contributed by atoms with E-state index in [1.807, 2.05) is 4.68 Å². The SMILES string of the molecule is O=C(OCCO)N1CCC(n2ncc(C(=O)N3CCC(c4ccccc4C(F)(F)F)C3)c2C2CC2)CC1. The second-order valence-electron chi connectivity index (χ2n) is 10.0. The molecule has 5 rings (SSSR count). The van der Waals surface area contributed by atoms with Crippen LogP contribution >= 0.6 is 0 Å². The largest absolute Gasteiger partial charge is 0.447 e. The summed E-state index contributed by atoms with van der Waals surface area (Å²) in [6.07, 6.45) is 0.499. The lowest BCUT2D eigenvalue weighted by atomic mass is 9.93. The van der Waals surface area contributed by atoms with Gasteiger partial charge in [-0.3, -0.25) is 9.48 Å². The predicted octanol–water partition coefficient (Wildman–Crippen LogP) is 4.17. The topological polar surface area (TPSA) is 87.9 Å². The van der Waals surface area contributed by atoms with E-state index in [9.17, 15) is 22.8 Å². The minimum Gasteiger partial charge on any atom is -0.447 e. The van der Waals surface area contributed by atoms with Crippen molar-refractivity contribution >= 4 is 12.0 Å². The molecule has 0 bridgehead atoms. The van der Waals surface area contributed by atoms with Crippen molar-refractivity contribution in [2.45, 2.75) is 56.2 Å². The van der Waals surface area contributed by atoms with Crippen LogP contribution in [-0.2, 0) is 10.9 Å². The highest BCUT2D eigenvalue weighted by molar-refractivity contribution is 5.95. The summed E-state index contributed by atoms with van der Waals surface area (Å²) in [5.41, 5.74) is 1.06. The van der Waals surface area contributed by atoms with Gasteiger partial charge in [0.1, 0.15) is 6.61 Å². The first-order valence-corrected chi connectivity index (χ1v) is 12.8. The van der Waals surface area contributed by atoms with Crippen molar-refractivity contribution in [2.75, 3.05) is 39.4 Å². The van der Waals surface area contributed by atoms with Crippen LogP contribution in [0.4, 0.5) is 18.0 Å². The Morgan fingerprint density at radius 2 is 1.70 bits per heavy atom. The molecule has 3 aliphatic rings. The van der Waals surface area contributed by atoms with Crippen molar-refractivity contribution in [3.8, 4) is 0 Å². The fraction of sp³-hybridized carbons (Fsp3) is 0.577. The number of nitrogens with zero attached hydrogens (tertiary/aromatic N) is 4. The van der Waals surface area contributed by atoms with E-state index in [-0.39, 0.29) is 49.1 Å². The molecule has 1 unspecified atom stereocenters. The van der Waals surface area contributed by atoms with Gasteiger partial charge in [0.15, 0.2) is 0 Å². The van der Waals surface area contributed by atoms with Crippen molar-refractivity contribution < 1.29 is 32.6 Å². The Labute approximate surface area is 213 Å². The normalized spacial score (nSPS) is 20.9. The molecule has 0 spiro atoms. The number of amides is 2. The Bertz CT molecular complexity index is 1140. The first-order valence-electron chi connectivity index (χ1n) is 12.8. The number of carbonyl (C=O) groups is 2. The molecule has 11 heteroatoms. The molecule has 1 N–H and O–H groups in total. The number of carbonyl (C=O) groups excluding carboxylic acids is 2. The van der Waals surface area contributed by atoms with Crippen molar-refractivity contribution in [1.82, 2.24) is 19.6 Å². The van der Waals surface area contributed by atoms with Gasteiger partial charge in [-0.25, -0.2) is 4.79 Å². The van der Waals surface area contributed by atoms with Gasteiger partial charge in [0.2, 0.25) is 0 Å². The number of alkyl halides is 3.